The van der Waals surface area contributed by atoms with Crippen LogP contribution in [0.2, 0.25) is 0 Å². The summed E-state index contributed by atoms with van der Waals surface area (Å²) in [6.45, 7) is 0. The van der Waals surface area contributed by atoms with Gasteiger partial charge in [0.25, 0.3) is 0 Å². The van der Waals surface area contributed by atoms with Crippen LogP contribution in [0, 0.1) is 22.7 Å². The maximum absolute atomic E-state index is 1.66. The van der Waals surface area contributed by atoms with Gasteiger partial charge in [-0.25, -0.2) is 0 Å². The average molecular weight is 78.1 g/mol. The molecule has 0 aromatic rings. The molecule has 3 aliphatic carbocycles. The van der Waals surface area contributed by atoms with E-state index in [1.54, 1.807) is 12.8 Å². The van der Waals surface area contributed by atoms with Crippen LogP contribution < -0.4 is 0 Å². The summed E-state index contributed by atoms with van der Waals surface area (Å²) < 4.78 is 0. The highest BCUT2D eigenvalue weighted by Crippen LogP contribution is 3.17. The second-order valence-electron chi connectivity index (χ2n) is 3.78. The highest BCUT2D eigenvalue weighted by atomic mass is 15.2. The molecule has 2 spiro atoms. The van der Waals surface area contributed by atoms with Crippen LogP contribution in [-0.2, 0) is 0 Å². The monoisotopic (exact) mass is 78.0 g/mol. The molecule has 0 heteroatoms. The van der Waals surface area contributed by atoms with Gasteiger partial charge in [-0.05, 0) is 35.5 Å². The summed E-state index contributed by atoms with van der Waals surface area (Å²) >= 11 is 0. The summed E-state index contributed by atoms with van der Waals surface area (Å²) in [7, 11) is 0. The van der Waals surface area contributed by atoms with E-state index in [2.05, 4.69) is 0 Å². The van der Waals surface area contributed by atoms with E-state index in [0.717, 1.165) is 10.8 Å². The van der Waals surface area contributed by atoms with E-state index in [0.29, 0.717) is 0 Å². The van der Waals surface area contributed by atoms with Crippen LogP contribution in [-0.4, -0.2) is 0 Å². The molecule has 0 aromatic heterocycles. The first-order valence-electron chi connectivity index (χ1n) is 2.90. The van der Waals surface area contributed by atoms with E-state index >= 15 is 0 Å². The van der Waals surface area contributed by atoms with Gasteiger partial charge in [-0.3, -0.25) is 0 Å². The van der Waals surface area contributed by atoms with Gasteiger partial charge < -0.3 is 0 Å². The minimum atomic E-state index is 1.08. The van der Waals surface area contributed by atoms with Crippen LogP contribution in [0.3, 0.4) is 0 Å². The lowest BCUT2D eigenvalue weighted by molar-refractivity contribution is -0.170. The zero-order chi connectivity index (χ0) is 3.57. The molecule has 0 N–H and O–H groups in total. The smallest absolute Gasteiger partial charge is 0.0213 e. The molecule has 0 saturated heterocycles. The Morgan fingerprint density at radius 2 is 1.33 bits per heavy atom. The fraction of sp³-hybridized carbons (Fsp3) is 1.00. The molecule has 0 bridgehead atoms. The molecule has 6 heavy (non-hydrogen) atoms. The minimum Gasteiger partial charge on any atom is -0.0407 e. The minimum absolute atomic E-state index is 1.08. The highest BCUT2D eigenvalue weighted by Gasteiger charge is 3.12. The Bertz CT molecular complexity index is 133. The first kappa shape index (κ1) is 1.85. The standard InChI is InChI=1S/C6H6/c1-5-2-6(1)3(5)4(5)6/h3-4H,1-2H2. The molecule has 0 radical (unpaired) electrons. The lowest BCUT2D eigenvalue weighted by Crippen LogP contribution is -2.58. The molecular weight excluding hydrogens is 72.1 g/mol. The van der Waals surface area contributed by atoms with Crippen LogP contribution in [0.25, 0.3) is 0 Å². The lowest BCUT2D eigenvalue weighted by Gasteiger charge is -2.65. The van der Waals surface area contributed by atoms with Crippen LogP contribution in [0.5, 0.6) is 0 Å². The molecule has 0 amide bonds. The summed E-state index contributed by atoms with van der Waals surface area (Å²) in [5.74, 6) is 2.68. The van der Waals surface area contributed by atoms with Gasteiger partial charge in [-0.1, -0.05) is 0 Å². The fourth-order valence-electron chi connectivity index (χ4n) is 3.56. The summed E-state index contributed by atoms with van der Waals surface area (Å²) in [5, 5.41) is 0. The van der Waals surface area contributed by atoms with Crippen molar-refractivity contribution in [2.45, 2.75) is 12.8 Å². The van der Waals surface area contributed by atoms with Crippen molar-refractivity contribution in [1.82, 2.24) is 0 Å². The van der Waals surface area contributed by atoms with E-state index < -0.39 is 0 Å². The number of hydrogen-bond acceptors (Lipinski definition) is 0. The zero-order valence-corrected chi connectivity index (χ0v) is 3.57. The molecule has 3 rings (SSSR count). The number of hydrogen-bond donors (Lipinski definition) is 0. The Balaban J connectivity index is 2.41. The van der Waals surface area contributed by atoms with Gasteiger partial charge in [-0.15, -0.1) is 0 Å². The molecule has 0 nitrogen and oxygen atoms in total. The Kier molecular flexibility index (Phi) is 0.0617. The molecule has 0 heterocycles. The number of rotatable bonds is 0. The van der Waals surface area contributed by atoms with Gasteiger partial charge in [0.1, 0.15) is 0 Å². The summed E-state index contributed by atoms with van der Waals surface area (Å²) in [4.78, 5) is 0. The van der Waals surface area contributed by atoms with Gasteiger partial charge in [0, 0.05) is 0 Å². The molecule has 3 aliphatic rings. The van der Waals surface area contributed by atoms with E-state index in [-0.39, 0.29) is 0 Å². The molecule has 0 aromatic carbocycles. The quantitative estimate of drug-likeness (QED) is 0.406. The van der Waals surface area contributed by atoms with Crippen molar-refractivity contribution in [3.63, 3.8) is 0 Å². The van der Waals surface area contributed by atoms with E-state index in [1.807, 2.05) is 0 Å². The van der Waals surface area contributed by atoms with E-state index in [9.17, 15) is 0 Å². The molecule has 3 saturated carbocycles. The predicted octanol–water partition coefficient (Wildman–Crippen LogP) is 1.03. The van der Waals surface area contributed by atoms with Crippen molar-refractivity contribution in [3.8, 4) is 0 Å². The summed E-state index contributed by atoms with van der Waals surface area (Å²) in [5.41, 5.74) is 2.17. The lowest BCUT2D eigenvalue weighted by atomic mass is 9.39. The second kappa shape index (κ2) is 0.200. The molecule has 30 valence electrons. The highest BCUT2D eigenvalue weighted by molar-refractivity contribution is 5.59. The molecule has 3 fully saturated rings. The predicted molar refractivity (Wildman–Crippen MR) is 21.1 cm³/mol. The van der Waals surface area contributed by atoms with Crippen LogP contribution in [0.15, 0.2) is 0 Å². The molecular formula is C6H6. The van der Waals surface area contributed by atoms with Gasteiger partial charge >= 0.3 is 0 Å². The zero-order valence-electron chi connectivity index (χ0n) is 3.57. The first-order valence-corrected chi connectivity index (χ1v) is 2.90. The van der Waals surface area contributed by atoms with Crippen molar-refractivity contribution in [3.05, 3.63) is 0 Å². The third kappa shape index (κ3) is 0.0278. The Hall–Kier alpha value is 0. The average Bonchev–Trinajstić information content (AvgIpc) is 1.70. The fourth-order valence-corrected chi connectivity index (χ4v) is 3.56. The van der Waals surface area contributed by atoms with Gasteiger partial charge in [0.2, 0.25) is 0 Å². The van der Waals surface area contributed by atoms with E-state index in [4.69, 9.17) is 0 Å². The second-order valence-corrected chi connectivity index (χ2v) is 3.78. The van der Waals surface area contributed by atoms with Crippen molar-refractivity contribution in [2.24, 2.45) is 22.7 Å². The number of fused-ring (bicyclic) bond motifs is 5. The molecule has 0 aliphatic heterocycles. The topological polar surface area (TPSA) is 0 Å². The molecule has 0 atom stereocenters. The summed E-state index contributed by atoms with van der Waals surface area (Å²) in [6.07, 6.45) is 3.32. The molecule has 0 unspecified atom stereocenters. The van der Waals surface area contributed by atoms with Gasteiger partial charge in [0.05, 0.1) is 0 Å². The largest absolute Gasteiger partial charge is 0.0407 e. The van der Waals surface area contributed by atoms with Crippen molar-refractivity contribution >= 4 is 0 Å². The Morgan fingerprint density at radius 1 is 1.00 bits per heavy atom. The Morgan fingerprint density at radius 3 is 1.33 bits per heavy atom. The maximum atomic E-state index is 1.66. The van der Waals surface area contributed by atoms with Crippen molar-refractivity contribution < 1.29 is 0 Å². The normalized spacial score (nSPS) is 108. The van der Waals surface area contributed by atoms with Gasteiger partial charge in [0.15, 0.2) is 0 Å². The SMILES string of the molecule is C1C23CC14C2C34. The van der Waals surface area contributed by atoms with Crippen molar-refractivity contribution in [1.29, 1.82) is 0 Å². The van der Waals surface area contributed by atoms with E-state index in [1.165, 1.54) is 11.8 Å². The Labute approximate surface area is 36.5 Å². The maximum Gasteiger partial charge on any atom is -0.0213 e. The summed E-state index contributed by atoms with van der Waals surface area (Å²) in [6, 6.07) is 0. The van der Waals surface area contributed by atoms with Crippen LogP contribution in [0.4, 0.5) is 0 Å². The van der Waals surface area contributed by atoms with Crippen LogP contribution in [0.1, 0.15) is 12.8 Å². The van der Waals surface area contributed by atoms with Crippen molar-refractivity contribution in [2.75, 3.05) is 0 Å². The first-order chi connectivity index (χ1) is 2.90. The third-order valence-electron chi connectivity index (χ3n) is 3.91. The third-order valence-corrected chi connectivity index (χ3v) is 3.91. The van der Waals surface area contributed by atoms with Gasteiger partial charge in [-0.2, -0.15) is 0 Å². The van der Waals surface area contributed by atoms with Crippen LogP contribution >= 0.6 is 0 Å².